The van der Waals surface area contributed by atoms with Crippen LogP contribution in [-0.2, 0) is 56.3 Å². The number of hydrogen-bond donors (Lipinski definition) is 6. The number of rotatable bonds is 21. The lowest BCUT2D eigenvalue weighted by Crippen LogP contribution is -2.37. The second kappa shape index (κ2) is 18.6. The van der Waals surface area contributed by atoms with Crippen LogP contribution in [0.5, 0.6) is 0 Å². The van der Waals surface area contributed by atoms with Crippen LogP contribution < -0.4 is 17.2 Å². The second-order valence-electron chi connectivity index (χ2n) is 9.61. The highest BCUT2D eigenvalue weighted by Crippen LogP contribution is 2.74. The third kappa shape index (κ3) is 13.1. The van der Waals surface area contributed by atoms with E-state index in [2.05, 4.69) is 9.47 Å². The van der Waals surface area contributed by atoms with Crippen molar-refractivity contribution in [3.63, 3.8) is 0 Å². The standard InChI is InChI=1S/C22H43N3O15P2/c1-14(2)18(24)20(28)35-10-6-16(26)37-12-39-42(34,22(30,8-5-9-23)41(31,32)33)40-13-38-17(27)7-11-36-21(29)19(25)15(3)4/h14-15,18-19,30H,5-13,23-25H2,1-4H3,(H2,31,32,33)/t18-,19-,22?/m0/s1. The maximum absolute atomic E-state index is 13.5. The summed E-state index contributed by atoms with van der Waals surface area (Å²) in [6.45, 7) is 3.24. The molecule has 1 unspecified atom stereocenters. The molecule has 0 rings (SSSR count). The Hall–Kier alpha value is -1.98. The van der Waals surface area contributed by atoms with Gasteiger partial charge < -0.3 is 51.0 Å². The van der Waals surface area contributed by atoms with E-state index in [1.165, 1.54) is 0 Å². The van der Waals surface area contributed by atoms with Crippen molar-refractivity contribution in [1.82, 2.24) is 0 Å². The van der Waals surface area contributed by atoms with Crippen molar-refractivity contribution in [2.75, 3.05) is 33.3 Å². The van der Waals surface area contributed by atoms with Crippen LogP contribution in [0.3, 0.4) is 0 Å². The molecular weight excluding hydrogens is 608 g/mol. The number of hydrogen-bond acceptors (Lipinski definition) is 16. The predicted octanol–water partition coefficient (Wildman–Crippen LogP) is -0.390. The maximum atomic E-state index is 13.5. The summed E-state index contributed by atoms with van der Waals surface area (Å²) in [7, 11) is -11.1. The monoisotopic (exact) mass is 651 g/mol. The van der Waals surface area contributed by atoms with E-state index in [0.29, 0.717) is 0 Å². The smallest absolute Gasteiger partial charge is 0.380 e. The number of nitrogens with two attached hydrogens (primary N) is 3. The quantitative estimate of drug-likeness (QED) is 0.0398. The molecule has 246 valence electrons. The molecule has 0 amide bonds. The highest BCUT2D eigenvalue weighted by molar-refractivity contribution is 7.73. The zero-order chi connectivity index (χ0) is 32.7. The van der Waals surface area contributed by atoms with E-state index in [-0.39, 0.29) is 24.8 Å². The van der Waals surface area contributed by atoms with Gasteiger partial charge in [0.15, 0.2) is 0 Å². The molecule has 3 atom stereocenters. The summed E-state index contributed by atoms with van der Waals surface area (Å²) in [6, 6.07) is -1.84. The number of carbonyl (C=O) groups is 4. The molecule has 42 heavy (non-hydrogen) atoms. The SMILES string of the molecule is CC(C)[C@H](N)C(=O)OCCC(=O)OCOP(=O)(OCOC(=O)CCOC(=O)[C@@H](N)C(C)C)C(O)(CCCN)P(=O)(O)O. The van der Waals surface area contributed by atoms with Gasteiger partial charge in [-0.3, -0.25) is 37.4 Å². The Labute approximate surface area is 243 Å². The molecule has 0 aliphatic rings. The van der Waals surface area contributed by atoms with Crippen LogP contribution in [0.2, 0.25) is 0 Å². The lowest BCUT2D eigenvalue weighted by Gasteiger charge is -2.34. The topological polar surface area (TPSA) is 297 Å². The van der Waals surface area contributed by atoms with Gasteiger partial charge in [-0.1, -0.05) is 27.7 Å². The first-order valence-corrected chi connectivity index (χ1v) is 16.0. The Kier molecular flexibility index (Phi) is 17.8. The van der Waals surface area contributed by atoms with E-state index < -0.39 is 102 Å². The Balaban J connectivity index is 5.26. The molecule has 0 spiro atoms. The molecule has 0 saturated heterocycles. The van der Waals surface area contributed by atoms with E-state index in [9.17, 15) is 43.2 Å². The molecule has 0 aromatic carbocycles. The van der Waals surface area contributed by atoms with Crippen molar-refractivity contribution in [3.05, 3.63) is 0 Å². The van der Waals surface area contributed by atoms with E-state index >= 15 is 0 Å². The Morgan fingerprint density at radius 3 is 1.45 bits per heavy atom. The summed E-state index contributed by atoms with van der Waals surface area (Å²) in [6.07, 6.45) is -2.13. The molecule has 20 heteroatoms. The fourth-order valence-electron chi connectivity index (χ4n) is 2.70. The van der Waals surface area contributed by atoms with Crippen molar-refractivity contribution in [2.45, 2.75) is 70.5 Å². The van der Waals surface area contributed by atoms with Crippen molar-refractivity contribution < 1.29 is 71.2 Å². The molecule has 0 bridgehead atoms. The molecular formula is C22H43N3O15P2. The molecule has 18 nitrogen and oxygen atoms in total. The predicted molar refractivity (Wildman–Crippen MR) is 144 cm³/mol. The molecule has 9 N–H and O–H groups in total. The minimum Gasteiger partial charge on any atom is -0.464 e. The fraction of sp³-hybridized carbons (Fsp3) is 0.818. The summed E-state index contributed by atoms with van der Waals surface area (Å²) in [5, 5.41) is 7.31. The van der Waals surface area contributed by atoms with E-state index in [1.54, 1.807) is 27.7 Å². The van der Waals surface area contributed by atoms with Gasteiger partial charge in [0, 0.05) is 6.42 Å². The van der Waals surface area contributed by atoms with Crippen molar-refractivity contribution in [1.29, 1.82) is 0 Å². The minimum atomic E-state index is -5.69. The molecule has 0 aromatic rings. The highest BCUT2D eigenvalue weighted by Gasteiger charge is 2.62. The van der Waals surface area contributed by atoms with Crippen molar-refractivity contribution >= 4 is 39.1 Å². The maximum Gasteiger partial charge on any atom is 0.380 e. The lowest BCUT2D eigenvalue weighted by molar-refractivity contribution is -0.155. The van der Waals surface area contributed by atoms with Gasteiger partial charge in [-0.2, -0.15) is 0 Å². The number of ether oxygens (including phenoxy) is 4. The van der Waals surface area contributed by atoms with Gasteiger partial charge in [0.1, 0.15) is 25.3 Å². The minimum absolute atomic E-state index is 0.190. The first-order valence-electron chi connectivity index (χ1n) is 12.9. The van der Waals surface area contributed by atoms with Gasteiger partial charge in [0.25, 0.3) is 5.08 Å². The van der Waals surface area contributed by atoms with Gasteiger partial charge in [0.2, 0.25) is 13.6 Å². The first-order chi connectivity index (χ1) is 19.3. The van der Waals surface area contributed by atoms with E-state index in [0.717, 1.165) is 0 Å². The van der Waals surface area contributed by atoms with E-state index in [1.807, 2.05) is 0 Å². The van der Waals surface area contributed by atoms with E-state index in [4.69, 9.17) is 35.7 Å². The van der Waals surface area contributed by atoms with Crippen LogP contribution >= 0.6 is 15.2 Å². The van der Waals surface area contributed by atoms with Crippen molar-refractivity contribution in [3.8, 4) is 0 Å². The average Bonchev–Trinajstić information content (AvgIpc) is 2.89. The van der Waals surface area contributed by atoms with Crippen LogP contribution in [-0.4, -0.2) is 89.3 Å². The summed E-state index contributed by atoms with van der Waals surface area (Å²) in [5.74, 6) is -4.05. The summed E-state index contributed by atoms with van der Waals surface area (Å²) < 4.78 is 54.3. The molecule has 0 fully saturated rings. The van der Waals surface area contributed by atoms with Crippen LogP contribution in [0.25, 0.3) is 0 Å². The molecule has 0 heterocycles. The highest BCUT2D eigenvalue weighted by atomic mass is 31.2. The average molecular weight is 652 g/mol. The Morgan fingerprint density at radius 1 is 0.762 bits per heavy atom. The van der Waals surface area contributed by atoms with Gasteiger partial charge in [-0.25, -0.2) is 0 Å². The molecule has 0 aliphatic carbocycles. The zero-order valence-electron chi connectivity index (χ0n) is 24.0. The third-order valence-corrected chi connectivity index (χ3v) is 10.3. The largest absolute Gasteiger partial charge is 0.464 e. The summed E-state index contributed by atoms with van der Waals surface area (Å²) in [5.41, 5.74) is 16.6. The number of esters is 4. The zero-order valence-corrected chi connectivity index (χ0v) is 25.8. The normalized spacial score (nSPS) is 15.0. The molecule has 0 aliphatic heterocycles. The second-order valence-corrected chi connectivity index (χ2v) is 14.0. The summed E-state index contributed by atoms with van der Waals surface area (Å²) >= 11 is 0. The fourth-order valence-corrected chi connectivity index (χ4v) is 6.07. The molecule has 0 aromatic heterocycles. The van der Waals surface area contributed by atoms with Crippen LogP contribution in [0.4, 0.5) is 0 Å². The number of carbonyl (C=O) groups excluding carboxylic acids is 4. The van der Waals surface area contributed by atoms with Gasteiger partial charge >= 0.3 is 39.1 Å². The van der Waals surface area contributed by atoms with Gasteiger partial charge in [0.05, 0.1) is 12.8 Å². The molecule has 0 saturated carbocycles. The molecule has 0 radical (unpaired) electrons. The Morgan fingerprint density at radius 2 is 1.14 bits per heavy atom. The summed E-state index contributed by atoms with van der Waals surface area (Å²) in [4.78, 5) is 67.0. The first kappa shape index (κ1) is 40.0. The lowest BCUT2D eigenvalue weighted by atomic mass is 10.1. The van der Waals surface area contributed by atoms with Crippen LogP contribution in [0.1, 0.15) is 53.4 Å². The van der Waals surface area contributed by atoms with Crippen LogP contribution in [0, 0.1) is 11.8 Å². The van der Waals surface area contributed by atoms with Crippen LogP contribution in [0.15, 0.2) is 0 Å². The third-order valence-electron chi connectivity index (χ3n) is 5.59. The van der Waals surface area contributed by atoms with Crippen molar-refractivity contribution in [2.24, 2.45) is 29.0 Å². The van der Waals surface area contributed by atoms with Gasteiger partial charge in [-0.05, 0) is 24.8 Å². The Bertz CT molecular complexity index is 936. The van der Waals surface area contributed by atoms with Gasteiger partial charge in [-0.15, -0.1) is 0 Å². The number of aliphatic hydroxyl groups is 1.